The van der Waals surface area contributed by atoms with E-state index in [-0.39, 0.29) is 0 Å². The molecule has 1 saturated heterocycles. The number of rotatable bonds is 5. The van der Waals surface area contributed by atoms with Crippen LogP contribution < -0.4 is 10.1 Å². The van der Waals surface area contributed by atoms with Crippen LogP contribution in [0, 0.1) is 6.92 Å². The molecule has 0 radical (unpaired) electrons. The monoisotopic (exact) mass is 278 g/mol. The minimum absolute atomic E-state index is 0.501. The average molecular weight is 278 g/mol. The fourth-order valence-corrected chi connectivity index (χ4v) is 2.61. The zero-order valence-electron chi connectivity index (χ0n) is 13.1. The third-order valence-electron chi connectivity index (χ3n) is 4.03. The molecule has 2 rings (SSSR count). The van der Waals surface area contributed by atoms with E-state index in [9.17, 15) is 0 Å². The van der Waals surface area contributed by atoms with Crippen molar-refractivity contribution in [3.63, 3.8) is 0 Å². The first-order valence-electron chi connectivity index (χ1n) is 7.54. The highest BCUT2D eigenvalue weighted by Gasteiger charge is 2.20. The van der Waals surface area contributed by atoms with Gasteiger partial charge in [-0.05, 0) is 33.4 Å². The Labute approximate surface area is 121 Å². The Hall–Kier alpha value is -1.36. The summed E-state index contributed by atoms with van der Waals surface area (Å²) in [4.78, 5) is 11.4. The summed E-state index contributed by atoms with van der Waals surface area (Å²) in [6.07, 6.45) is 4.61. The SMILES string of the molecule is CCc1nc(NC)c(C)c(OCC2CCCCN2C)n1. The van der Waals surface area contributed by atoms with Crippen LogP contribution in [0.3, 0.4) is 0 Å². The number of anilines is 1. The number of aryl methyl sites for hydroxylation is 1. The van der Waals surface area contributed by atoms with Gasteiger partial charge < -0.3 is 15.0 Å². The van der Waals surface area contributed by atoms with Crippen molar-refractivity contribution >= 4 is 5.82 Å². The molecule has 1 aromatic rings. The van der Waals surface area contributed by atoms with Gasteiger partial charge in [0.2, 0.25) is 5.88 Å². The number of ether oxygens (including phenoxy) is 1. The van der Waals surface area contributed by atoms with Gasteiger partial charge in [0.25, 0.3) is 0 Å². The second-order valence-corrected chi connectivity index (χ2v) is 5.46. The molecular weight excluding hydrogens is 252 g/mol. The van der Waals surface area contributed by atoms with Crippen molar-refractivity contribution in [2.45, 2.75) is 45.6 Å². The van der Waals surface area contributed by atoms with Gasteiger partial charge in [-0.2, -0.15) is 4.98 Å². The Morgan fingerprint density at radius 1 is 1.35 bits per heavy atom. The second-order valence-electron chi connectivity index (χ2n) is 5.46. The molecule has 1 N–H and O–H groups in total. The zero-order chi connectivity index (χ0) is 14.5. The Morgan fingerprint density at radius 3 is 2.80 bits per heavy atom. The minimum Gasteiger partial charge on any atom is -0.476 e. The van der Waals surface area contributed by atoms with E-state index in [1.165, 1.54) is 25.8 Å². The molecule has 0 bridgehead atoms. The van der Waals surface area contributed by atoms with Gasteiger partial charge in [-0.15, -0.1) is 0 Å². The Kier molecular flexibility index (Phi) is 5.17. The van der Waals surface area contributed by atoms with Crippen LogP contribution in [0.2, 0.25) is 0 Å². The van der Waals surface area contributed by atoms with Crippen LogP contribution in [-0.4, -0.2) is 48.2 Å². The van der Waals surface area contributed by atoms with Crippen LogP contribution in [-0.2, 0) is 6.42 Å². The topological polar surface area (TPSA) is 50.3 Å². The Morgan fingerprint density at radius 2 is 2.15 bits per heavy atom. The molecule has 0 amide bonds. The van der Waals surface area contributed by atoms with Crippen LogP contribution >= 0.6 is 0 Å². The number of nitrogens with zero attached hydrogens (tertiary/aromatic N) is 3. The predicted octanol–water partition coefficient (Wildman–Crippen LogP) is 2.25. The van der Waals surface area contributed by atoms with Gasteiger partial charge in [0.1, 0.15) is 18.2 Å². The van der Waals surface area contributed by atoms with E-state index in [0.29, 0.717) is 12.6 Å². The molecule has 0 spiro atoms. The summed E-state index contributed by atoms with van der Waals surface area (Å²) in [7, 11) is 4.06. The summed E-state index contributed by atoms with van der Waals surface area (Å²) in [6, 6.07) is 0.501. The molecule has 1 aromatic heterocycles. The van der Waals surface area contributed by atoms with E-state index in [2.05, 4.69) is 34.2 Å². The van der Waals surface area contributed by atoms with Crippen molar-refractivity contribution < 1.29 is 4.74 Å². The first-order chi connectivity index (χ1) is 9.65. The number of nitrogens with one attached hydrogen (secondary N) is 1. The fraction of sp³-hybridized carbons (Fsp3) is 0.733. The van der Waals surface area contributed by atoms with Gasteiger partial charge >= 0.3 is 0 Å². The maximum Gasteiger partial charge on any atom is 0.221 e. The molecule has 0 saturated carbocycles. The lowest BCUT2D eigenvalue weighted by Gasteiger charge is -2.32. The molecule has 5 heteroatoms. The molecule has 112 valence electrons. The van der Waals surface area contributed by atoms with Gasteiger partial charge in [0.15, 0.2) is 0 Å². The van der Waals surface area contributed by atoms with Crippen LogP contribution in [0.15, 0.2) is 0 Å². The number of piperidine rings is 1. The average Bonchev–Trinajstić information content (AvgIpc) is 2.47. The zero-order valence-corrected chi connectivity index (χ0v) is 13.1. The molecular formula is C15H26N4O. The normalized spacial score (nSPS) is 19.9. The molecule has 0 aliphatic carbocycles. The molecule has 1 aliphatic rings. The summed E-state index contributed by atoms with van der Waals surface area (Å²) in [5.41, 5.74) is 0.989. The smallest absolute Gasteiger partial charge is 0.221 e. The van der Waals surface area contributed by atoms with Crippen LogP contribution in [0.4, 0.5) is 5.82 Å². The Bertz CT molecular complexity index is 450. The molecule has 1 aliphatic heterocycles. The molecule has 1 fully saturated rings. The third-order valence-corrected chi connectivity index (χ3v) is 4.03. The van der Waals surface area contributed by atoms with Gasteiger partial charge in [0, 0.05) is 19.5 Å². The molecule has 20 heavy (non-hydrogen) atoms. The van der Waals surface area contributed by atoms with E-state index in [1.807, 2.05) is 14.0 Å². The number of hydrogen-bond donors (Lipinski definition) is 1. The van der Waals surface area contributed by atoms with E-state index in [1.54, 1.807) is 0 Å². The fourth-order valence-electron chi connectivity index (χ4n) is 2.61. The van der Waals surface area contributed by atoms with Crippen LogP contribution in [0.5, 0.6) is 5.88 Å². The lowest BCUT2D eigenvalue weighted by Crippen LogP contribution is -2.40. The van der Waals surface area contributed by atoms with Gasteiger partial charge in [0.05, 0.1) is 5.56 Å². The van der Waals surface area contributed by atoms with Crippen LogP contribution in [0.25, 0.3) is 0 Å². The van der Waals surface area contributed by atoms with E-state index in [4.69, 9.17) is 4.74 Å². The molecule has 0 aromatic carbocycles. The molecule has 2 heterocycles. The number of hydrogen-bond acceptors (Lipinski definition) is 5. The van der Waals surface area contributed by atoms with E-state index < -0.39 is 0 Å². The van der Waals surface area contributed by atoms with Crippen molar-refractivity contribution in [3.05, 3.63) is 11.4 Å². The summed E-state index contributed by atoms with van der Waals surface area (Å²) >= 11 is 0. The van der Waals surface area contributed by atoms with E-state index >= 15 is 0 Å². The maximum atomic E-state index is 6.00. The maximum absolute atomic E-state index is 6.00. The largest absolute Gasteiger partial charge is 0.476 e. The Balaban J connectivity index is 2.08. The first kappa shape index (κ1) is 15.0. The standard InChI is InChI=1S/C15H26N4O/c1-5-13-17-14(16-3)11(2)15(18-13)20-10-12-8-6-7-9-19(12)4/h12H,5-10H2,1-4H3,(H,16,17,18). The van der Waals surface area contributed by atoms with Crippen molar-refractivity contribution in [2.75, 3.05) is 32.6 Å². The lowest BCUT2D eigenvalue weighted by molar-refractivity contribution is 0.122. The predicted molar refractivity (Wildman–Crippen MR) is 81.5 cm³/mol. The summed E-state index contributed by atoms with van der Waals surface area (Å²) in [6.45, 7) is 5.94. The van der Waals surface area contributed by atoms with Crippen molar-refractivity contribution in [2.24, 2.45) is 0 Å². The molecule has 5 nitrogen and oxygen atoms in total. The summed E-state index contributed by atoms with van der Waals surface area (Å²) < 4.78 is 6.00. The number of aromatic nitrogens is 2. The van der Waals surface area contributed by atoms with Crippen LogP contribution in [0.1, 0.15) is 37.6 Å². The van der Waals surface area contributed by atoms with Crippen molar-refractivity contribution in [1.29, 1.82) is 0 Å². The third kappa shape index (κ3) is 3.39. The molecule has 1 unspecified atom stereocenters. The van der Waals surface area contributed by atoms with E-state index in [0.717, 1.165) is 29.5 Å². The highest BCUT2D eigenvalue weighted by Crippen LogP contribution is 2.23. The quantitative estimate of drug-likeness (QED) is 0.895. The molecule has 1 atom stereocenters. The number of likely N-dealkylation sites (N-methyl/N-ethyl adjacent to an activating group) is 1. The van der Waals surface area contributed by atoms with Crippen molar-refractivity contribution in [1.82, 2.24) is 14.9 Å². The lowest BCUT2D eigenvalue weighted by atomic mass is 10.0. The second kappa shape index (κ2) is 6.88. The first-order valence-corrected chi connectivity index (χ1v) is 7.54. The number of likely N-dealkylation sites (tertiary alicyclic amines) is 1. The summed E-state index contributed by atoms with van der Waals surface area (Å²) in [5, 5.41) is 3.12. The minimum atomic E-state index is 0.501. The highest BCUT2D eigenvalue weighted by molar-refractivity contribution is 5.48. The highest BCUT2D eigenvalue weighted by atomic mass is 16.5. The van der Waals surface area contributed by atoms with Gasteiger partial charge in [-0.1, -0.05) is 13.3 Å². The summed E-state index contributed by atoms with van der Waals surface area (Å²) in [5.74, 6) is 2.41. The van der Waals surface area contributed by atoms with Gasteiger partial charge in [-0.25, -0.2) is 4.98 Å². The van der Waals surface area contributed by atoms with Gasteiger partial charge in [-0.3, -0.25) is 0 Å². The van der Waals surface area contributed by atoms with Crippen molar-refractivity contribution in [3.8, 4) is 5.88 Å².